The molecule has 1 heterocycles. The number of fused-ring (bicyclic) bond motifs is 1. The van der Waals surface area contributed by atoms with Gasteiger partial charge in [-0.25, -0.2) is 4.79 Å². The van der Waals surface area contributed by atoms with E-state index in [1.807, 2.05) is 25.1 Å². The summed E-state index contributed by atoms with van der Waals surface area (Å²) < 4.78 is 5.59. The van der Waals surface area contributed by atoms with Crippen LogP contribution in [0.4, 0.5) is 4.79 Å². The molecule has 0 aliphatic rings. The molecule has 1 atom stereocenters. The molecule has 0 fully saturated rings. The van der Waals surface area contributed by atoms with E-state index in [1.54, 1.807) is 13.2 Å². The van der Waals surface area contributed by atoms with Gasteiger partial charge in [-0.05, 0) is 51.2 Å². The highest BCUT2D eigenvalue weighted by Crippen LogP contribution is 2.30. The summed E-state index contributed by atoms with van der Waals surface area (Å²) in [5.41, 5.74) is 1.82. The van der Waals surface area contributed by atoms with Gasteiger partial charge in [-0.15, -0.1) is 0 Å². The number of amides is 1. The van der Waals surface area contributed by atoms with Crippen molar-refractivity contribution in [2.24, 2.45) is 0 Å². The number of benzene rings is 1. The second kappa shape index (κ2) is 7.42. The van der Waals surface area contributed by atoms with Gasteiger partial charge in [-0.3, -0.25) is 9.88 Å². The summed E-state index contributed by atoms with van der Waals surface area (Å²) in [7, 11) is 3.80. The number of hydrogen-bond acceptors (Lipinski definition) is 4. The Balaban J connectivity index is 2.46. The molecule has 124 valence electrons. The van der Waals surface area contributed by atoms with E-state index in [-0.39, 0.29) is 12.1 Å². The van der Waals surface area contributed by atoms with Gasteiger partial charge in [-0.1, -0.05) is 13.0 Å². The van der Waals surface area contributed by atoms with Crippen LogP contribution in [0.15, 0.2) is 30.5 Å². The summed E-state index contributed by atoms with van der Waals surface area (Å²) in [5, 5.41) is 0.975. The smallest absolute Gasteiger partial charge is 0.408 e. The molecule has 5 nitrogen and oxygen atoms in total. The second-order valence-electron chi connectivity index (χ2n) is 5.73. The van der Waals surface area contributed by atoms with Crippen LogP contribution in [-0.2, 0) is 0 Å². The number of rotatable bonds is 5. The lowest BCUT2D eigenvalue weighted by Crippen LogP contribution is -2.29. The van der Waals surface area contributed by atoms with Crippen LogP contribution in [0.3, 0.4) is 0 Å². The average molecular weight is 315 g/mol. The van der Waals surface area contributed by atoms with Crippen molar-refractivity contribution in [3.63, 3.8) is 0 Å². The molecule has 2 aromatic rings. The number of carbonyl (C=O) groups excluding carboxylic acids is 1. The van der Waals surface area contributed by atoms with Gasteiger partial charge < -0.3 is 9.64 Å². The topological polar surface area (TPSA) is 45.7 Å². The Morgan fingerprint density at radius 1 is 1.26 bits per heavy atom. The summed E-state index contributed by atoms with van der Waals surface area (Å²) in [6.45, 7) is 7.71. The SMILES string of the molecule is CCN(C)C(=O)Oc1cc(C(C)N(C)CC)cc2cccnc12. The second-order valence-corrected chi connectivity index (χ2v) is 5.73. The molecule has 0 saturated carbocycles. The number of ether oxygens (including phenoxy) is 1. The van der Waals surface area contributed by atoms with Crippen molar-refractivity contribution in [3.05, 3.63) is 36.0 Å². The van der Waals surface area contributed by atoms with Crippen LogP contribution in [0.1, 0.15) is 32.4 Å². The van der Waals surface area contributed by atoms with Crippen molar-refractivity contribution in [3.8, 4) is 5.75 Å². The monoisotopic (exact) mass is 315 g/mol. The van der Waals surface area contributed by atoms with Gasteiger partial charge in [0.05, 0.1) is 0 Å². The van der Waals surface area contributed by atoms with E-state index in [9.17, 15) is 4.79 Å². The molecule has 0 saturated heterocycles. The zero-order valence-corrected chi connectivity index (χ0v) is 14.5. The Hall–Kier alpha value is -2.14. The van der Waals surface area contributed by atoms with Crippen LogP contribution in [-0.4, -0.2) is 48.1 Å². The van der Waals surface area contributed by atoms with Gasteiger partial charge in [0, 0.05) is 31.2 Å². The summed E-state index contributed by atoms with van der Waals surface area (Å²) in [6.07, 6.45) is 1.35. The normalized spacial score (nSPS) is 12.4. The summed E-state index contributed by atoms with van der Waals surface area (Å²) >= 11 is 0. The first-order valence-electron chi connectivity index (χ1n) is 7.99. The lowest BCUT2D eigenvalue weighted by molar-refractivity contribution is 0.165. The van der Waals surface area contributed by atoms with Crippen LogP contribution in [0, 0.1) is 0 Å². The van der Waals surface area contributed by atoms with Crippen molar-refractivity contribution in [1.82, 2.24) is 14.8 Å². The number of pyridine rings is 1. The van der Waals surface area contributed by atoms with Gasteiger partial charge in [0.1, 0.15) is 5.52 Å². The molecular formula is C18H25N3O2. The third-order valence-corrected chi connectivity index (χ3v) is 4.32. The van der Waals surface area contributed by atoms with Crippen molar-refractivity contribution in [2.75, 3.05) is 27.2 Å². The minimum Gasteiger partial charge on any atom is -0.408 e. The minimum absolute atomic E-state index is 0.228. The molecule has 1 unspecified atom stereocenters. The first-order chi connectivity index (χ1) is 11.0. The van der Waals surface area contributed by atoms with E-state index in [0.717, 1.165) is 17.5 Å². The highest BCUT2D eigenvalue weighted by Gasteiger charge is 2.17. The lowest BCUT2D eigenvalue weighted by atomic mass is 10.0. The molecule has 23 heavy (non-hydrogen) atoms. The fraction of sp³-hybridized carbons (Fsp3) is 0.444. The molecule has 5 heteroatoms. The maximum absolute atomic E-state index is 12.1. The van der Waals surface area contributed by atoms with Crippen LogP contribution < -0.4 is 4.74 Å². The number of nitrogens with zero attached hydrogens (tertiary/aromatic N) is 3. The summed E-state index contributed by atoms with van der Waals surface area (Å²) in [4.78, 5) is 20.3. The van der Waals surface area contributed by atoms with Crippen molar-refractivity contribution in [2.45, 2.75) is 26.8 Å². The first kappa shape index (κ1) is 17.2. The zero-order valence-electron chi connectivity index (χ0n) is 14.5. The van der Waals surface area contributed by atoms with Crippen molar-refractivity contribution >= 4 is 17.0 Å². The molecule has 0 N–H and O–H groups in total. The molecule has 0 aliphatic carbocycles. The van der Waals surface area contributed by atoms with E-state index < -0.39 is 0 Å². The molecule has 0 bridgehead atoms. The van der Waals surface area contributed by atoms with E-state index in [4.69, 9.17) is 4.74 Å². The quantitative estimate of drug-likeness (QED) is 0.844. The molecular weight excluding hydrogens is 290 g/mol. The van der Waals surface area contributed by atoms with Crippen molar-refractivity contribution < 1.29 is 9.53 Å². The molecule has 1 aromatic heterocycles. The van der Waals surface area contributed by atoms with Gasteiger partial charge in [0.25, 0.3) is 0 Å². The van der Waals surface area contributed by atoms with E-state index in [1.165, 1.54) is 4.90 Å². The van der Waals surface area contributed by atoms with Gasteiger partial charge in [0.2, 0.25) is 0 Å². The van der Waals surface area contributed by atoms with Gasteiger partial charge >= 0.3 is 6.09 Å². The van der Waals surface area contributed by atoms with Crippen LogP contribution in [0.2, 0.25) is 0 Å². The van der Waals surface area contributed by atoms with Crippen LogP contribution >= 0.6 is 0 Å². The first-order valence-corrected chi connectivity index (χ1v) is 7.99. The minimum atomic E-state index is -0.367. The maximum atomic E-state index is 12.1. The molecule has 1 aromatic carbocycles. The largest absolute Gasteiger partial charge is 0.415 e. The number of hydrogen-bond donors (Lipinski definition) is 0. The van der Waals surface area contributed by atoms with E-state index >= 15 is 0 Å². The fourth-order valence-corrected chi connectivity index (χ4v) is 2.33. The lowest BCUT2D eigenvalue weighted by Gasteiger charge is -2.24. The van der Waals surface area contributed by atoms with E-state index in [0.29, 0.717) is 17.8 Å². The standard InChI is InChI=1S/C18H25N3O2/c1-6-20(4)13(3)15-11-14-9-8-10-19-17(14)16(12-15)23-18(22)21(5)7-2/h8-13H,6-7H2,1-5H3. The summed E-state index contributed by atoms with van der Waals surface area (Å²) in [5.74, 6) is 0.514. The van der Waals surface area contributed by atoms with E-state index in [2.05, 4.69) is 36.8 Å². The maximum Gasteiger partial charge on any atom is 0.415 e. The van der Waals surface area contributed by atoms with Crippen molar-refractivity contribution in [1.29, 1.82) is 0 Å². The fourth-order valence-electron chi connectivity index (χ4n) is 2.33. The highest BCUT2D eigenvalue weighted by atomic mass is 16.6. The Morgan fingerprint density at radius 3 is 2.65 bits per heavy atom. The Labute approximate surface area is 137 Å². The Morgan fingerprint density at radius 2 is 2.00 bits per heavy atom. The molecule has 0 radical (unpaired) electrons. The highest BCUT2D eigenvalue weighted by molar-refractivity contribution is 5.87. The Kier molecular flexibility index (Phi) is 5.55. The van der Waals surface area contributed by atoms with Gasteiger partial charge in [0.15, 0.2) is 5.75 Å². The molecule has 2 rings (SSSR count). The third-order valence-electron chi connectivity index (χ3n) is 4.32. The Bertz CT molecular complexity index is 687. The summed E-state index contributed by atoms with van der Waals surface area (Å²) in [6, 6.07) is 8.15. The van der Waals surface area contributed by atoms with Gasteiger partial charge in [-0.2, -0.15) is 0 Å². The third kappa shape index (κ3) is 3.79. The number of aromatic nitrogens is 1. The average Bonchev–Trinajstić information content (AvgIpc) is 2.59. The zero-order chi connectivity index (χ0) is 17.0. The predicted molar refractivity (Wildman–Crippen MR) is 92.8 cm³/mol. The molecule has 0 spiro atoms. The molecule has 0 aliphatic heterocycles. The van der Waals surface area contributed by atoms with Crippen LogP contribution in [0.25, 0.3) is 10.9 Å². The predicted octanol–water partition coefficient (Wildman–Crippen LogP) is 3.70. The number of carbonyl (C=O) groups is 1. The van der Waals surface area contributed by atoms with Crippen LogP contribution in [0.5, 0.6) is 5.75 Å². The molecule has 1 amide bonds.